The number of hydrogen-bond donors (Lipinski definition) is 1. The maximum atomic E-state index is 14.5. The molecule has 2 heterocycles. The molecule has 1 N–H and O–H groups in total. The smallest absolute Gasteiger partial charge is 0.267 e. The van der Waals surface area contributed by atoms with Gasteiger partial charge in [0.15, 0.2) is 0 Å². The number of hydrogen-bond acceptors (Lipinski definition) is 4. The van der Waals surface area contributed by atoms with Gasteiger partial charge < -0.3 is 9.88 Å². The molecule has 31 heavy (non-hydrogen) atoms. The summed E-state index contributed by atoms with van der Waals surface area (Å²) in [4.78, 5) is 20.8. The summed E-state index contributed by atoms with van der Waals surface area (Å²) >= 11 is 3.18. The number of rotatable bonds is 6. The number of alkyl halides is 4. The number of halogens is 6. The highest BCUT2D eigenvalue weighted by molar-refractivity contribution is 9.10. The predicted molar refractivity (Wildman–Crippen MR) is 108 cm³/mol. The monoisotopic (exact) mass is 502 g/mol. The van der Waals surface area contributed by atoms with Crippen LogP contribution in [0, 0.1) is 11.7 Å². The standard InChI is InChI=1S/C20H16BrF5N4O/c1-8(9-3-2-4-10(15(9)22)17(23)24)29-19-12-6-30(13-5-11(13)18(25)26)20(31)14(21)16(12)27-7-28-19/h2-4,6-8,11,13,17-18H,5H2,1H3,(H,27,28,29)/t8-,11?,13+/m1/s1. The van der Waals surface area contributed by atoms with E-state index < -0.39 is 47.8 Å². The van der Waals surface area contributed by atoms with Gasteiger partial charge in [-0.3, -0.25) is 4.79 Å². The molecule has 1 aliphatic rings. The average Bonchev–Trinajstić information content (AvgIpc) is 3.52. The molecule has 5 nitrogen and oxygen atoms in total. The minimum Gasteiger partial charge on any atom is -0.363 e. The van der Waals surface area contributed by atoms with Gasteiger partial charge in [0.1, 0.15) is 22.4 Å². The first kappa shape index (κ1) is 21.7. The Morgan fingerprint density at radius 1 is 1.19 bits per heavy atom. The summed E-state index contributed by atoms with van der Waals surface area (Å²) in [5.74, 6) is -1.72. The molecular weight excluding hydrogens is 487 g/mol. The molecule has 164 valence electrons. The van der Waals surface area contributed by atoms with Crippen molar-refractivity contribution in [1.82, 2.24) is 14.5 Å². The first-order valence-corrected chi connectivity index (χ1v) is 10.2. The Bertz CT molecular complexity index is 1200. The summed E-state index contributed by atoms with van der Waals surface area (Å²) in [6, 6.07) is 2.33. The zero-order valence-electron chi connectivity index (χ0n) is 16.0. The fourth-order valence-electron chi connectivity index (χ4n) is 3.61. The van der Waals surface area contributed by atoms with Gasteiger partial charge in [-0.05, 0) is 29.3 Å². The third-order valence-corrected chi connectivity index (χ3v) is 6.10. The molecule has 0 radical (unpaired) electrons. The maximum Gasteiger partial charge on any atom is 0.267 e. The molecule has 3 atom stereocenters. The van der Waals surface area contributed by atoms with Gasteiger partial charge in [-0.25, -0.2) is 31.9 Å². The van der Waals surface area contributed by atoms with E-state index in [1.54, 1.807) is 6.92 Å². The van der Waals surface area contributed by atoms with Gasteiger partial charge in [-0.15, -0.1) is 0 Å². The highest BCUT2D eigenvalue weighted by atomic mass is 79.9. The molecule has 1 saturated carbocycles. The van der Waals surface area contributed by atoms with E-state index in [2.05, 4.69) is 31.2 Å². The third kappa shape index (κ3) is 3.90. The van der Waals surface area contributed by atoms with Crippen molar-refractivity contribution in [1.29, 1.82) is 0 Å². The van der Waals surface area contributed by atoms with Crippen molar-refractivity contribution in [3.8, 4) is 0 Å². The molecule has 11 heteroatoms. The van der Waals surface area contributed by atoms with Crippen LogP contribution in [-0.4, -0.2) is 21.0 Å². The zero-order chi connectivity index (χ0) is 22.4. The summed E-state index contributed by atoms with van der Waals surface area (Å²) in [6.45, 7) is 1.57. The molecule has 1 fully saturated rings. The van der Waals surface area contributed by atoms with Gasteiger partial charge in [0, 0.05) is 23.7 Å². The molecule has 0 bridgehead atoms. The van der Waals surface area contributed by atoms with Crippen LogP contribution in [0.15, 0.2) is 40.0 Å². The lowest BCUT2D eigenvalue weighted by atomic mass is 10.0. The summed E-state index contributed by atoms with van der Waals surface area (Å²) in [5, 5.41) is 3.31. The topological polar surface area (TPSA) is 59.8 Å². The van der Waals surface area contributed by atoms with E-state index in [1.165, 1.54) is 29.2 Å². The van der Waals surface area contributed by atoms with Gasteiger partial charge in [0.05, 0.1) is 22.5 Å². The van der Waals surface area contributed by atoms with Crippen molar-refractivity contribution in [3.63, 3.8) is 0 Å². The van der Waals surface area contributed by atoms with E-state index >= 15 is 0 Å². The molecule has 3 aromatic rings. The van der Waals surface area contributed by atoms with E-state index in [9.17, 15) is 26.7 Å². The number of fused-ring (bicyclic) bond motifs is 1. The van der Waals surface area contributed by atoms with E-state index in [0.29, 0.717) is 5.39 Å². The molecule has 1 aliphatic carbocycles. The van der Waals surface area contributed by atoms with Gasteiger partial charge in [0.25, 0.3) is 12.0 Å². The Morgan fingerprint density at radius 3 is 2.55 bits per heavy atom. The molecule has 0 aliphatic heterocycles. The van der Waals surface area contributed by atoms with E-state index in [-0.39, 0.29) is 27.8 Å². The number of nitrogens with one attached hydrogen (secondary N) is 1. The zero-order valence-corrected chi connectivity index (χ0v) is 17.6. The SMILES string of the molecule is C[C@@H](Nc1ncnc2c(Br)c(=O)n([C@H]3CC3C(F)F)cc12)c1cccc(C(F)F)c1F. The number of pyridine rings is 1. The lowest BCUT2D eigenvalue weighted by molar-refractivity contribution is 0.116. The maximum absolute atomic E-state index is 14.5. The molecule has 0 amide bonds. The van der Waals surface area contributed by atoms with Crippen molar-refractivity contribution in [3.05, 3.63) is 62.5 Å². The van der Waals surface area contributed by atoms with Crippen LogP contribution in [0.25, 0.3) is 10.9 Å². The molecule has 0 saturated heterocycles. The number of aromatic nitrogens is 3. The molecule has 1 unspecified atom stereocenters. The van der Waals surface area contributed by atoms with Crippen LogP contribution in [0.4, 0.5) is 27.8 Å². The highest BCUT2D eigenvalue weighted by Gasteiger charge is 2.46. The Labute approximate surface area is 181 Å². The van der Waals surface area contributed by atoms with Crippen LogP contribution in [0.5, 0.6) is 0 Å². The normalized spacial score (nSPS) is 19.3. The van der Waals surface area contributed by atoms with Crippen LogP contribution in [0.3, 0.4) is 0 Å². The Balaban J connectivity index is 1.74. The summed E-state index contributed by atoms with van der Waals surface area (Å²) < 4.78 is 67.9. The Morgan fingerprint density at radius 2 is 1.90 bits per heavy atom. The first-order valence-electron chi connectivity index (χ1n) is 9.37. The van der Waals surface area contributed by atoms with Crippen LogP contribution >= 0.6 is 15.9 Å². The lowest BCUT2D eigenvalue weighted by Crippen LogP contribution is -2.22. The quantitative estimate of drug-likeness (QED) is 0.443. The Hall–Kier alpha value is -2.56. The second-order valence-corrected chi connectivity index (χ2v) is 8.15. The van der Waals surface area contributed by atoms with E-state index in [4.69, 9.17) is 0 Å². The van der Waals surface area contributed by atoms with Crippen molar-refractivity contribution in [2.24, 2.45) is 5.92 Å². The summed E-state index contributed by atoms with van der Waals surface area (Å²) in [6.07, 6.45) is -2.73. The van der Waals surface area contributed by atoms with Gasteiger partial charge in [-0.1, -0.05) is 18.2 Å². The van der Waals surface area contributed by atoms with Crippen LogP contribution < -0.4 is 10.9 Å². The highest BCUT2D eigenvalue weighted by Crippen LogP contribution is 2.47. The van der Waals surface area contributed by atoms with Crippen molar-refractivity contribution in [2.45, 2.75) is 38.3 Å². The molecule has 0 spiro atoms. The van der Waals surface area contributed by atoms with Crippen LogP contribution in [-0.2, 0) is 0 Å². The van der Waals surface area contributed by atoms with Gasteiger partial charge in [-0.2, -0.15) is 0 Å². The van der Waals surface area contributed by atoms with Crippen molar-refractivity contribution < 1.29 is 22.0 Å². The predicted octanol–water partition coefficient (Wildman–Crippen LogP) is 5.63. The molecular formula is C20H16BrF5N4O. The van der Waals surface area contributed by atoms with Gasteiger partial charge >= 0.3 is 0 Å². The van der Waals surface area contributed by atoms with E-state index in [0.717, 1.165) is 6.07 Å². The van der Waals surface area contributed by atoms with Crippen LogP contribution in [0.1, 0.15) is 43.0 Å². The molecule has 4 rings (SSSR count). The van der Waals surface area contributed by atoms with Crippen molar-refractivity contribution in [2.75, 3.05) is 5.32 Å². The number of benzene rings is 1. The third-order valence-electron chi connectivity index (χ3n) is 5.38. The fourth-order valence-corrected chi connectivity index (χ4v) is 4.13. The second kappa shape index (κ2) is 8.18. The second-order valence-electron chi connectivity index (χ2n) is 7.36. The van der Waals surface area contributed by atoms with Crippen molar-refractivity contribution >= 4 is 32.7 Å². The summed E-state index contributed by atoms with van der Waals surface area (Å²) in [5.41, 5.74) is -0.935. The summed E-state index contributed by atoms with van der Waals surface area (Å²) in [7, 11) is 0. The molecule has 2 aromatic heterocycles. The fraction of sp³-hybridized carbons (Fsp3) is 0.350. The number of nitrogens with zero attached hydrogens (tertiary/aromatic N) is 3. The number of anilines is 1. The lowest BCUT2D eigenvalue weighted by Gasteiger charge is -2.19. The minimum absolute atomic E-state index is 0.0110. The first-order chi connectivity index (χ1) is 14.7. The Kier molecular flexibility index (Phi) is 5.71. The van der Waals surface area contributed by atoms with Crippen LogP contribution in [0.2, 0.25) is 0 Å². The van der Waals surface area contributed by atoms with E-state index in [1.807, 2.05) is 0 Å². The molecule has 1 aromatic carbocycles. The van der Waals surface area contributed by atoms with Gasteiger partial charge in [0.2, 0.25) is 6.43 Å². The average molecular weight is 503 g/mol. The minimum atomic E-state index is -2.96. The largest absolute Gasteiger partial charge is 0.363 e.